The van der Waals surface area contributed by atoms with Crippen molar-refractivity contribution in [1.29, 1.82) is 0 Å². The van der Waals surface area contributed by atoms with Crippen LogP contribution in [0.1, 0.15) is 0 Å². The van der Waals surface area contributed by atoms with E-state index in [1.165, 1.54) is 0 Å². The molecule has 0 radical (unpaired) electrons. The van der Waals surface area contributed by atoms with Gasteiger partial charge in [-0.3, -0.25) is 4.79 Å². The molecule has 0 aliphatic rings. The number of H-pyrrole nitrogens is 2. The lowest BCUT2D eigenvalue weighted by Gasteiger charge is -1.88. The number of aromatic amines is 2. The fraction of sp³-hybridized carbons (Fsp3) is 0. The number of fused-ring (bicyclic) bond motifs is 5. The highest BCUT2D eigenvalue weighted by atomic mass is 16.3. The number of nitrogens with one attached hydrogen (secondary N) is 2. The average Bonchev–Trinajstić information content (AvgIpc) is 2.87. The van der Waals surface area contributed by atoms with Crippen molar-refractivity contribution in [2.45, 2.75) is 0 Å². The summed E-state index contributed by atoms with van der Waals surface area (Å²) in [5, 5.41) is 7.86. The van der Waals surface area contributed by atoms with Gasteiger partial charge < -0.3 is 9.40 Å². The molecule has 0 fully saturated rings. The van der Waals surface area contributed by atoms with Crippen molar-refractivity contribution in [2.75, 3.05) is 0 Å². The van der Waals surface area contributed by atoms with E-state index in [2.05, 4.69) is 15.2 Å². The molecule has 3 heterocycles. The molecule has 3 aromatic heterocycles. The Bertz CT molecular complexity index is 914. The van der Waals surface area contributed by atoms with E-state index < -0.39 is 0 Å². The van der Waals surface area contributed by atoms with Gasteiger partial charge in [0.15, 0.2) is 5.58 Å². The van der Waals surface area contributed by atoms with Crippen LogP contribution in [-0.4, -0.2) is 15.2 Å². The Morgan fingerprint density at radius 1 is 1.12 bits per heavy atom. The molecule has 0 unspecified atom stereocenters. The van der Waals surface area contributed by atoms with Crippen molar-refractivity contribution in [3.8, 4) is 0 Å². The molecule has 5 nitrogen and oxygen atoms in total. The van der Waals surface area contributed by atoms with E-state index in [1.54, 1.807) is 6.20 Å². The molecule has 0 spiro atoms. The van der Waals surface area contributed by atoms with Crippen LogP contribution in [0.2, 0.25) is 0 Å². The lowest BCUT2D eigenvalue weighted by molar-refractivity contribution is 0.672. The quantitative estimate of drug-likeness (QED) is 0.481. The molecular formula is C12H7N3O2. The topological polar surface area (TPSA) is 74.7 Å². The molecule has 0 saturated carbocycles. The van der Waals surface area contributed by atoms with E-state index in [0.29, 0.717) is 16.5 Å². The fourth-order valence-electron chi connectivity index (χ4n) is 2.18. The summed E-state index contributed by atoms with van der Waals surface area (Å²) >= 11 is 0. The molecule has 82 valence electrons. The number of hydrogen-bond donors (Lipinski definition) is 2. The maximum atomic E-state index is 11.6. The molecule has 0 bridgehead atoms. The van der Waals surface area contributed by atoms with Crippen molar-refractivity contribution in [1.82, 2.24) is 15.2 Å². The van der Waals surface area contributed by atoms with Crippen LogP contribution in [0.15, 0.2) is 39.7 Å². The number of aromatic nitrogens is 3. The normalized spacial score (nSPS) is 11.8. The van der Waals surface area contributed by atoms with Crippen LogP contribution >= 0.6 is 0 Å². The van der Waals surface area contributed by atoms with E-state index in [9.17, 15) is 4.79 Å². The third kappa shape index (κ3) is 0.977. The zero-order chi connectivity index (χ0) is 11.4. The molecule has 4 rings (SSSR count). The Balaban J connectivity index is 2.38. The minimum absolute atomic E-state index is 0.238. The lowest BCUT2D eigenvalue weighted by Crippen LogP contribution is -2.06. The summed E-state index contributed by atoms with van der Waals surface area (Å²) < 4.78 is 5.74. The van der Waals surface area contributed by atoms with Gasteiger partial charge in [-0.2, -0.15) is 5.10 Å². The predicted molar refractivity (Wildman–Crippen MR) is 64.0 cm³/mol. The van der Waals surface area contributed by atoms with Gasteiger partial charge in [0.1, 0.15) is 11.1 Å². The highest BCUT2D eigenvalue weighted by molar-refractivity contribution is 6.14. The van der Waals surface area contributed by atoms with Crippen molar-refractivity contribution < 1.29 is 4.42 Å². The molecule has 0 amide bonds. The van der Waals surface area contributed by atoms with Crippen LogP contribution in [-0.2, 0) is 0 Å². The van der Waals surface area contributed by atoms with Crippen molar-refractivity contribution in [3.63, 3.8) is 0 Å². The van der Waals surface area contributed by atoms with Gasteiger partial charge >= 0.3 is 0 Å². The second kappa shape index (κ2) is 2.76. The Hall–Kier alpha value is -2.56. The summed E-state index contributed by atoms with van der Waals surface area (Å²) in [5.41, 5.74) is 2.59. The summed E-state index contributed by atoms with van der Waals surface area (Å²) in [6.07, 6.45) is 1.60. The van der Waals surface area contributed by atoms with Gasteiger partial charge in [-0.1, -0.05) is 12.1 Å². The van der Waals surface area contributed by atoms with E-state index in [4.69, 9.17) is 4.42 Å². The van der Waals surface area contributed by atoms with Crippen LogP contribution in [0.3, 0.4) is 0 Å². The number of rotatable bonds is 0. The Morgan fingerprint density at radius 3 is 2.94 bits per heavy atom. The average molecular weight is 225 g/mol. The Labute approximate surface area is 94.0 Å². The van der Waals surface area contributed by atoms with Crippen LogP contribution in [0.5, 0.6) is 0 Å². The molecule has 1 aromatic carbocycles. The van der Waals surface area contributed by atoms with Crippen molar-refractivity contribution in [3.05, 3.63) is 40.8 Å². The fourth-order valence-corrected chi connectivity index (χ4v) is 2.18. The lowest BCUT2D eigenvalue weighted by atomic mass is 10.2. The van der Waals surface area contributed by atoms with E-state index >= 15 is 0 Å². The summed E-state index contributed by atoms with van der Waals surface area (Å²) in [4.78, 5) is 14.7. The monoisotopic (exact) mass is 225 g/mol. The summed E-state index contributed by atoms with van der Waals surface area (Å²) in [6, 6.07) is 7.71. The van der Waals surface area contributed by atoms with Gasteiger partial charge in [0.05, 0.1) is 17.1 Å². The van der Waals surface area contributed by atoms with Crippen molar-refractivity contribution in [2.24, 2.45) is 0 Å². The predicted octanol–water partition coefficient (Wildman–Crippen LogP) is 2.15. The van der Waals surface area contributed by atoms with Crippen LogP contribution in [0, 0.1) is 0 Å². The third-order valence-corrected chi connectivity index (χ3v) is 2.95. The van der Waals surface area contributed by atoms with Gasteiger partial charge in [-0.15, -0.1) is 0 Å². The largest absolute Gasteiger partial charge is 0.454 e. The molecule has 4 aromatic rings. The van der Waals surface area contributed by atoms with Crippen LogP contribution < -0.4 is 5.56 Å². The van der Waals surface area contributed by atoms with E-state index in [1.807, 2.05) is 24.3 Å². The molecule has 0 aliphatic heterocycles. The van der Waals surface area contributed by atoms with Gasteiger partial charge in [0.2, 0.25) is 0 Å². The Kier molecular flexibility index (Phi) is 1.39. The van der Waals surface area contributed by atoms with E-state index in [0.717, 1.165) is 16.5 Å². The molecular weight excluding hydrogens is 218 g/mol. The first-order valence-electron chi connectivity index (χ1n) is 5.21. The second-order valence-electron chi connectivity index (χ2n) is 3.92. The molecule has 17 heavy (non-hydrogen) atoms. The minimum atomic E-state index is -0.238. The molecule has 5 heteroatoms. The summed E-state index contributed by atoms with van der Waals surface area (Å²) in [6.45, 7) is 0. The minimum Gasteiger partial charge on any atom is -0.454 e. The number of benzene rings is 1. The highest BCUT2D eigenvalue weighted by Crippen LogP contribution is 2.31. The van der Waals surface area contributed by atoms with Gasteiger partial charge in [-0.05, 0) is 12.1 Å². The first-order chi connectivity index (χ1) is 8.34. The zero-order valence-electron chi connectivity index (χ0n) is 8.65. The standard InChI is InChI=1S/C12H7N3O2/c16-12-10-7(5-13-15-12)11-9(14-10)6-3-1-2-4-8(6)17-11/h1-5,14H,(H,15,16). The maximum absolute atomic E-state index is 11.6. The van der Waals surface area contributed by atoms with Crippen molar-refractivity contribution >= 4 is 33.0 Å². The second-order valence-corrected chi connectivity index (χ2v) is 3.92. The smallest absolute Gasteiger partial charge is 0.288 e. The highest BCUT2D eigenvalue weighted by Gasteiger charge is 2.14. The van der Waals surface area contributed by atoms with Gasteiger partial charge in [0, 0.05) is 5.39 Å². The molecule has 0 saturated heterocycles. The first kappa shape index (κ1) is 8.58. The SMILES string of the molecule is O=c1[nH]ncc2c1[nH]c1c3ccccc3oc21. The van der Waals surface area contributed by atoms with Gasteiger partial charge in [-0.25, -0.2) is 5.10 Å². The Morgan fingerprint density at radius 2 is 2.00 bits per heavy atom. The number of furan rings is 1. The maximum Gasteiger partial charge on any atom is 0.288 e. The summed E-state index contributed by atoms with van der Waals surface area (Å²) in [7, 11) is 0. The number of para-hydroxylation sites is 1. The molecule has 2 N–H and O–H groups in total. The molecule has 0 atom stereocenters. The summed E-state index contributed by atoms with van der Waals surface area (Å²) in [5.74, 6) is 0. The number of nitrogens with zero attached hydrogens (tertiary/aromatic N) is 1. The van der Waals surface area contributed by atoms with Crippen LogP contribution in [0.4, 0.5) is 0 Å². The molecule has 0 aliphatic carbocycles. The van der Waals surface area contributed by atoms with Crippen LogP contribution in [0.25, 0.3) is 33.0 Å². The number of hydrogen-bond acceptors (Lipinski definition) is 3. The van der Waals surface area contributed by atoms with Gasteiger partial charge in [0.25, 0.3) is 5.56 Å². The van der Waals surface area contributed by atoms with E-state index in [-0.39, 0.29) is 5.56 Å². The first-order valence-corrected chi connectivity index (χ1v) is 5.21. The zero-order valence-corrected chi connectivity index (χ0v) is 8.65. The third-order valence-electron chi connectivity index (χ3n) is 2.95.